The molecule has 0 aliphatic heterocycles. The first-order chi connectivity index (χ1) is 9.11. The molecule has 0 aliphatic carbocycles. The average molecular weight is 284 g/mol. The number of alkyl halides is 1. The molecular formula is C14H12ClF2NO. The average Bonchev–Trinajstić information content (AvgIpc) is 2.39. The van der Waals surface area contributed by atoms with Crippen LogP contribution < -0.4 is 4.74 Å². The molecule has 2 aromatic rings. The topological polar surface area (TPSA) is 22.1 Å². The van der Waals surface area contributed by atoms with E-state index >= 15 is 0 Å². The number of rotatable bonds is 4. The molecule has 0 unspecified atom stereocenters. The van der Waals surface area contributed by atoms with Gasteiger partial charge < -0.3 is 4.74 Å². The van der Waals surface area contributed by atoms with Gasteiger partial charge in [0.25, 0.3) is 0 Å². The van der Waals surface area contributed by atoms with Crippen LogP contribution in [0.25, 0.3) is 0 Å². The normalized spacial score (nSPS) is 10.5. The molecule has 2 nitrogen and oxygen atoms in total. The smallest absolute Gasteiger partial charge is 0.191 e. The Morgan fingerprint density at radius 1 is 1.26 bits per heavy atom. The Labute approximate surface area is 115 Å². The lowest BCUT2D eigenvalue weighted by molar-refractivity contribution is 0.269. The maximum atomic E-state index is 13.7. The first kappa shape index (κ1) is 13.7. The molecule has 0 saturated carbocycles. The summed E-state index contributed by atoms with van der Waals surface area (Å²) in [6.45, 7) is 1.87. The van der Waals surface area contributed by atoms with Gasteiger partial charge in [-0.05, 0) is 36.2 Å². The molecule has 0 aliphatic rings. The number of hydrogen-bond donors (Lipinski definition) is 0. The highest BCUT2D eigenvalue weighted by Gasteiger charge is 2.13. The minimum Gasteiger partial charge on any atom is -0.481 e. The highest BCUT2D eigenvalue weighted by molar-refractivity contribution is 6.17. The van der Waals surface area contributed by atoms with Crippen LogP contribution in [0.5, 0.6) is 5.75 Å². The third-order valence-electron chi connectivity index (χ3n) is 2.68. The van der Waals surface area contributed by atoms with E-state index in [9.17, 15) is 8.78 Å². The number of ether oxygens (including phenoxy) is 1. The molecule has 0 fully saturated rings. The molecule has 0 amide bonds. The lowest BCUT2D eigenvalue weighted by Gasteiger charge is -2.10. The monoisotopic (exact) mass is 283 g/mol. The Hall–Kier alpha value is -1.68. The van der Waals surface area contributed by atoms with Gasteiger partial charge in [-0.15, -0.1) is 11.6 Å². The highest BCUT2D eigenvalue weighted by Crippen LogP contribution is 2.25. The van der Waals surface area contributed by atoms with E-state index in [1.807, 2.05) is 13.0 Å². The fraction of sp³-hybridized carbons (Fsp3) is 0.214. The van der Waals surface area contributed by atoms with Crippen molar-refractivity contribution in [3.8, 4) is 5.75 Å². The van der Waals surface area contributed by atoms with Crippen LogP contribution >= 0.6 is 11.6 Å². The van der Waals surface area contributed by atoms with Crippen LogP contribution in [0.2, 0.25) is 0 Å². The Balaban J connectivity index is 2.18. The number of benzene rings is 1. The van der Waals surface area contributed by atoms with Gasteiger partial charge in [-0.3, -0.25) is 4.98 Å². The highest BCUT2D eigenvalue weighted by atomic mass is 35.5. The van der Waals surface area contributed by atoms with Gasteiger partial charge in [0.05, 0.1) is 5.69 Å². The third-order valence-corrected chi connectivity index (χ3v) is 2.99. The van der Waals surface area contributed by atoms with E-state index < -0.39 is 17.4 Å². The maximum absolute atomic E-state index is 13.7. The van der Waals surface area contributed by atoms with Crippen LogP contribution in [-0.2, 0) is 12.5 Å². The molecule has 100 valence electrons. The summed E-state index contributed by atoms with van der Waals surface area (Å²) in [6, 6.07) is 5.97. The third kappa shape index (κ3) is 3.20. The van der Waals surface area contributed by atoms with E-state index in [1.165, 1.54) is 0 Å². The molecule has 0 atom stereocenters. The van der Waals surface area contributed by atoms with Crippen LogP contribution in [0.3, 0.4) is 0 Å². The van der Waals surface area contributed by atoms with E-state index in [1.54, 1.807) is 12.3 Å². The predicted octanol–water partition coefficient (Wildman–Crippen LogP) is 3.99. The van der Waals surface area contributed by atoms with Crippen molar-refractivity contribution in [2.45, 2.75) is 19.4 Å². The molecule has 1 aromatic carbocycles. The zero-order valence-corrected chi connectivity index (χ0v) is 11.0. The second kappa shape index (κ2) is 5.97. The van der Waals surface area contributed by atoms with Crippen molar-refractivity contribution in [2.24, 2.45) is 0 Å². The minimum atomic E-state index is -0.760. The molecule has 1 aromatic heterocycles. The first-order valence-corrected chi connectivity index (χ1v) is 6.22. The lowest BCUT2D eigenvalue weighted by atomic mass is 10.2. The largest absolute Gasteiger partial charge is 0.481 e. The standard InChI is InChI=1S/C14H12ClF2NO/c1-9-3-2-4-18-13(9)8-19-14-11(16)5-10(7-15)6-12(14)17/h2-6H,7-8H2,1H3. The van der Waals surface area contributed by atoms with E-state index in [4.69, 9.17) is 16.3 Å². The van der Waals surface area contributed by atoms with Crippen LogP contribution in [0.4, 0.5) is 8.78 Å². The van der Waals surface area contributed by atoms with Crippen molar-refractivity contribution in [3.63, 3.8) is 0 Å². The summed E-state index contributed by atoms with van der Waals surface area (Å²) in [5.41, 5.74) is 1.92. The molecule has 0 radical (unpaired) electrons. The summed E-state index contributed by atoms with van der Waals surface area (Å²) in [4.78, 5) is 4.10. The number of pyridine rings is 1. The molecule has 2 rings (SSSR count). The number of aromatic nitrogens is 1. The van der Waals surface area contributed by atoms with Crippen molar-refractivity contribution in [1.29, 1.82) is 0 Å². The van der Waals surface area contributed by atoms with E-state index in [0.29, 0.717) is 11.3 Å². The van der Waals surface area contributed by atoms with Gasteiger partial charge in [-0.25, -0.2) is 8.78 Å². The second-order valence-electron chi connectivity index (χ2n) is 4.08. The zero-order chi connectivity index (χ0) is 13.8. The Kier molecular flexibility index (Phi) is 4.32. The fourth-order valence-electron chi connectivity index (χ4n) is 1.64. The summed E-state index contributed by atoms with van der Waals surface area (Å²) < 4.78 is 32.5. The van der Waals surface area contributed by atoms with E-state index in [-0.39, 0.29) is 12.5 Å². The summed E-state index contributed by atoms with van der Waals surface area (Å²) in [5.74, 6) is -1.87. The quantitative estimate of drug-likeness (QED) is 0.792. The number of halogens is 3. The Morgan fingerprint density at radius 2 is 1.95 bits per heavy atom. The Bertz CT molecular complexity index is 566. The van der Waals surface area contributed by atoms with Crippen molar-refractivity contribution < 1.29 is 13.5 Å². The first-order valence-electron chi connectivity index (χ1n) is 5.69. The van der Waals surface area contributed by atoms with Crippen molar-refractivity contribution >= 4 is 11.6 Å². The summed E-state index contributed by atoms with van der Waals surface area (Å²) in [7, 11) is 0. The number of nitrogens with zero attached hydrogens (tertiary/aromatic N) is 1. The summed E-state index contributed by atoms with van der Waals surface area (Å²) in [6.07, 6.45) is 1.61. The molecule has 1 heterocycles. The van der Waals surface area contributed by atoms with Gasteiger partial charge in [0, 0.05) is 12.1 Å². The van der Waals surface area contributed by atoms with Crippen LogP contribution in [0.1, 0.15) is 16.8 Å². The van der Waals surface area contributed by atoms with Gasteiger partial charge in [-0.1, -0.05) is 6.07 Å². The van der Waals surface area contributed by atoms with Crippen LogP contribution in [0, 0.1) is 18.6 Å². The fourth-order valence-corrected chi connectivity index (χ4v) is 1.79. The SMILES string of the molecule is Cc1cccnc1COc1c(F)cc(CCl)cc1F. The molecule has 0 bridgehead atoms. The number of aryl methyl sites for hydroxylation is 1. The summed E-state index contributed by atoms with van der Waals surface area (Å²) >= 11 is 5.53. The molecular weight excluding hydrogens is 272 g/mol. The van der Waals surface area contributed by atoms with Crippen molar-refractivity contribution in [1.82, 2.24) is 4.98 Å². The zero-order valence-electron chi connectivity index (χ0n) is 10.3. The van der Waals surface area contributed by atoms with E-state index in [2.05, 4.69) is 4.98 Å². The van der Waals surface area contributed by atoms with Crippen LogP contribution in [0.15, 0.2) is 30.5 Å². The Morgan fingerprint density at radius 3 is 2.53 bits per heavy atom. The minimum absolute atomic E-state index is 0.0146. The predicted molar refractivity (Wildman–Crippen MR) is 69.2 cm³/mol. The van der Waals surface area contributed by atoms with E-state index in [0.717, 1.165) is 17.7 Å². The van der Waals surface area contributed by atoms with Crippen molar-refractivity contribution in [2.75, 3.05) is 0 Å². The van der Waals surface area contributed by atoms with Gasteiger partial charge in [0.15, 0.2) is 17.4 Å². The van der Waals surface area contributed by atoms with Gasteiger partial charge in [0.2, 0.25) is 0 Å². The number of hydrogen-bond acceptors (Lipinski definition) is 2. The van der Waals surface area contributed by atoms with Gasteiger partial charge in [0.1, 0.15) is 6.61 Å². The van der Waals surface area contributed by atoms with Gasteiger partial charge in [-0.2, -0.15) is 0 Å². The maximum Gasteiger partial charge on any atom is 0.191 e. The molecule has 0 spiro atoms. The molecule has 19 heavy (non-hydrogen) atoms. The summed E-state index contributed by atoms with van der Waals surface area (Å²) in [5, 5.41) is 0. The van der Waals surface area contributed by atoms with Gasteiger partial charge >= 0.3 is 0 Å². The molecule has 5 heteroatoms. The second-order valence-corrected chi connectivity index (χ2v) is 4.35. The lowest BCUT2D eigenvalue weighted by Crippen LogP contribution is -2.04. The molecule has 0 N–H and O–H groups in total. The van der Waals surface area contributed by atoms with Crippen molar-refractivity contribution in [3.05, 3.63) is 58.9 Å². The molecule has 0 saturated heterocycles. The van der Waals surface area contributed by atoms with Crippen LogP contribution in [-0.4, -0.2) is 4.98 Å².